The van der Waals surface area contributed by atoms with E-state index in [4.69, 9.17) is 11.6 Å². The molecule has 0 aromatic heterocycles. The molecule has 1 heterocycles. The standard InChI is InChI=1S/C26H23ClN2O3/c1-18(20-8-4-2-5-9-20)28(24(30)16-19-12-14-21(27)15-13-19)23-17-25(31)29(26(23)32)22-10-6-3-7-11-22/h2-15,18,23H,16-17H2,1H3. The summed E-state index contributed by atoms with van der Waals surface area (Å²) in [6.45, 7) is 1.89. The Hall–Kier alpha value is -3.44. The highest BCUT2D eigenvalue weighted by Crippen LogP contribution is 2.31. The highest BCUT2D eigenvalue weighted by atomic mass is 35.5. The molecule has 0 N–H and O–H groups in total. The summed E-state index contributed by atoms with van der Waals surface area (Å²) in [5.74, 6) is -0.908. The van der Waals surface area contributed by atoms with Crippen molar-refractivity contribution >= 4 is 35.0 Å². The van der Waals surface area contributed by atoms with Gasteiger partial charge in [0, 0.05) is 5.02 Å². The van der Waals surface area contributed by atoms with Gasteiger partial charge in [0.05, 0.1) is 24.6 Å². The van der Waals surface area contributed by atoms with Crippen molar-refractivity contribution in [3.8, 4) is 0 Å². The van der Waals surface area contributed by atoms with Gasteiger partial charge in [-0.05, 0) is 42.3 Å². The zero-order valence-corrected chi connectivity index (χ0v) is 18.4. The molecule has 0 aliphatic carbocycles. The number of hydrogen-bond acceptors (Lipinski definition) is 3. The molecule has 1 saturated heterocycles. The van der Waals surface area contributed by atoms with Crippen LogP contribution in [0, 0.1) is 0 Å². The molecule has 162 valence electrons. The van der Waals surface area contributed by atoms with Gasteiger partial charge in [-0.1, -0.05) is 72.3 Å². The molecular weight excluding hydrogens is 424 g/mol. The third-order valence-electron chi connectivity index (χ3n) is 5.73. The fraction of sp³-hybridized carbons (Fsp3) is 0.192. The highest BCUT2D eigenvalue weighted by Gasteiger charge is 2.45. The second-order valence-corrected chi connectivity index (χ2v) is 8.25. The van der Waals surface area contributed by atoms with E-state index in [1.54, 1.807) is 53.4 Å². The summed E-state index contributed by atoms with van der Waals surface area (Å²) in [6.07, 6.45) is 0.0644. The predicted molar refractivity (Wildman–Crippen MR) is 124 cm³/mol. The maximum absolute atomic E-state index is 13.5. The summed E-state index contributed by atoms with van der Waals surface area (Å²) >= 11 is 5.97. The SMILES string of the molecule is CC(c1ccccc1)N(C(=O)Cc1ccc(Cl)cc1)C1CC(=O)N(c2ccccc2)C1=O. The van der Waals surface area contributed by atoms with Gasteiger partial charge in [-0.25, -0.2) is 4.90 Å². The fourth-order valence-corrected chi connectivity index (χ4v) is 4.23. The van der Waals surface area contributed by atoms with Gasteiger partial charge < -0.3 is 4.90 Å². The van der Waals surface area contributed by atoms with Gasteiger partial charge in [0.2, 0.25) is 11.8 Å². The molecule has 6 heteroatoms. The van der Waals surface area contributed by atoms with Crippen molar-refractivity contribution in [2.75, 3.05) is 4.90 Å². The second-order valence-electron chi connectivity index (χ2n) is 7.81. The zero-order valence-electron chi connectivity index (χ0n) is 17.6. The molecule has 3 amide bonds. The minimum atomic E-state index is -0.863. The van der Waals surface area contributed by atoms with Crippen LogP contribution in [0.1, 0.15) is 30.5 Å². The molecule has 0 saturated carbocycles. The summed E-state index contributed by atoms with van der Waals surface area (Å²) in [5, 5.41) is 0.589. The van der Waals surface area contributed by atoms with Crippen molar-refractivity contribution in [3.05, 3.63) is 101 Å². The van der Waals surface area contributed by atoms with Crippen LogP contribution in [0.5, 0.6) is 0 Å². The van der Waals surface area contributed by atoms with Crippen LogP contribution in [-0.4, -0.2) is 28.7 Å². The number of amides is 3. The Kier molecular flexibility index (Phi) is 6.37. The molecule has 3 aromatic carbocycles. The average molecular weight is 447 g/mol. The maximum atomic E-state index is 13.5. The van der Waals surface area contributed by atoms with Gasteiger partial charge in [0.1, 0.15) is 6.04 Å². The van der Waals surface area contributed by atoms with E-state index < -0.39 is 6.04 Å². The Bertz CT molecular complexity index is 1120. The predicted octanol–water partition coefficient (Wildman–Crippen LogP) is 4.80. The number of anilines is 1. The molecule has 4 rings (SSSR count). The Morgan fingerprint density at radius 2 is 1.56 bits per heavy atom. The van der Waals surface area contributed by atoms with Crippen molar-refractivity contribution < 1.29 is 14.4 Å². The van der Waals surface area contributed by atoms with Gasteiger partial charge in [-0.2, -0.15) is 0 Å². The number of carbonyl (C=O) groups is 3. The summed E-state index contributed by atoms with van der Waals surface area (Å²) in [4.78, 5) is 42.5. The molecule has 1 fully saturated rings. The van der Waals surface area contributed by atoms with Crippen LogP contribution in [0.3, 0.4) is 0 Å². The molecule has 5 nitrogen and oxygen atoms in total. The van der Waals surface area contributed by atoms with Gasteiger partial charge in [-0.3, -0.25) is 14.4 Å². The molecule has 0 bridgehead atoms. The normalized spacial score (nSPS) is 16.8. The highest BCUT2D eigenvalue weighted by molar-refractivity contribution is 6.30. The van der Waals surface area contributed by atoms with Crippen molar-refractivity contribution in [1.29, 1.82) is 0 Å². The summed E-state index contributed by atoms with van der Waals surface area (Å²) in [7, 11) is 0. The van der Waals surface area contributed by atoms with Crippen LogP contribution in [0.4, 0.5) is 5.69 Å². The van der Waals surface area contributed by atoms with E-state index in [1.807, 2.05) is 43.3 Å². The van der Waals surface area contributed by atoms with E-state index in [2.05, 4.69) is 0 Å². The van der Waals surface area contributed by atoms with Crippen molar-refractivity contribution in [3.63, 3.8) is 0 Å². The molecule has 0 radical (unpaired) electrons. The monoisotopic (exact) mass is 446 g/mol. The van der Waals surface area contributed by atoms with Crippen LogP contribution >= 0.6 is 11.6 Å². The number of rotatable bonds is 6. The Balaban J connectivity index is 1.67. The third-order valence-corrected chi connectivity index (χ3v) is 5.98. The first-order valence-corrected chi connectivity index (χ1v) is 10.9. The van der Waals surface area contributed by atoms with E-state index in [-0.39, 0.29) is 36.6 Å². The number of benzene rings is 3. The number of carbonyl (C=O) groups excluding carboxylic acids is 3. The second kappa shape index (κ2) is 9.37. The Labute approximate surface area is 192 Å². The molecule has 2 atom stereocenters. The van der Waals surface area contributed by atoms with Crippen LogP contribution in [0.15, 0.2) is 84.9 Å². The molecule has 1 aliphatic rings. The van der Waals surface area contributed by atoms with Crippen LogP contribution in [0.2, 0.25) is 5.02 Å². The summed E-state index contributed by atoms with van der Waals surface area (Å²) in [6, 6.07) is 24.2. The van der Waals surface area contributed by atoms with E-state index in [9.17, 15) is 14.4 Å². The van der Waals surface area contributed by atoms with E-state index in [0.717, 1.165) is 11.1 Å². The third kappa shape index (κ3) is 4.43. The van der Waals surface area contributed by atoms with E-state index in [1.165, 1.54) is 4.90 Å². The van der Waals surface area contributed by atoms with Gasteiger partial charge in [-0.15, -0.1) is 0 Å². The topological polar surface area (TPSA) is 57.7 Å². The first-order valence-electron chi connectivity index (χ1n) is 10.5. The molecule has 1 aliphatic heterocycles. The molecule has 32 heavy (non-hydrogen) atoms. The lowest BCUT2D eigenvalue weighted by Gasteiger charge is -2.34. The zero-order chi connectivity index (χ0) is 22.7. The van der Waals surface area contributed by atoms with Crippen molar-refractivity contribution in [2.24, 2.45) is 0 Å². The maximum Gasteiger partial charge on any atom is 0.257 e. The molecule has 0 spiro atoms. The Morgan fingerprint density at radius 1 is 0.969 bits per heavy atom. The van der Waals surface area contributed by atoms with E-state index in [0.29, 0.717) is 10.7 Å². The fourth-order valence-electron chi connectivity index (χ4n) is 4.10. The minimum Gasteiger partial charge on any atom is -0.323 e. The summed E-state index contributed by atoms with van der Waals surface area (Å²) < 4.78 is 0. The Morgan fingerprint density at radius 3 is 2.19 bits per heavy atom. The first kappa shape index (κ1) is 21.8. The van der Waals surface area contributed by atoms with Crippen molar-refractivity contribution in [1.82, 2.24) is 4.90 Å². The van der Waals surface area contributed by atoms with Crippen LogP contribution < -0.4 is 4.90 Å². The van der Waals surface area contributed by atoms with Crippen LogP contribution in [-0.2, 0) is 20.8 Å². The first-order chi connectivity index (χ1) is 15.5. The minimum absolute atomic E-state index is 0.0444. The lowest BCUT2D eigenvalue weighted by atomic mass is 10.0. The van der Waals surface area contributed by atoms with E-state index >= 15 is 0 Å². The molecular formula is C26H23ClN2O3. The smallest absolute Gasteiger partial charge is 0.257 e. The van der Waals surface area contributed by atoms with Crippen molar-refractivity contribution in [2.45, 2.75) is 31.8 Å². The summed E-state index contributed by atoms with van der Waals surface area (Å²) in [5.41, 5.74) is 2.21. The lowest BCUT2D eigenvalue weighted by molar-refractivity contribution is -0.140. The largest absolute Gasteiger partial charge is 0.323 e. The number of imide groups is 1. The number of nitrogens with zero attached hydrogens (tertiary/aromatic N) is 2. The number of hydrogen-bond donors (Lipinski definition) is 0. The average Bonchev–Trinajstić information content (AvgIpc) is 3.10. The molecule has 2 unspecified atom stereocenters. The lowest BCUT2D eigenvalue weighted by Crippen LogP contribution is -2.47. The van der Waals surface area contributed by atoms with Gasteiger partial charge in [0.15, 0.2) is 0 Å². The quantitative estimate of drug-likeness (QED) is 0.511. The number of para-hydroxylation sites is 1. The van der Waals surface area contributed by atoms with Gasteiger partial charge in [0.25, 0.3) is 5.91 Å². The number of halogens is 1. The van der Waals surface area contributed by atoms with Gasteiger partial charge >= 0.3 is 0 Å². The van der Waals surface area contributed by atoms with Crippen LogP contribution in [0.25, 0.3) is 0 Å². The molecule has 3 aromatic rings.